The van der Waals surface area contributed by atoms with Gasteiger partial charge in [0.15, 0.2) is 0 Å². The van der Waals surface area contributed by atoms with E-state index in [-0.39, 0.29) is 0 Å². The molecule has 0 heterocycles. The summed E-state index contributed by atoms with van der Waals surface area (Å²) in [5.41, 5.74) is 0. The molecule has 126 valence electrons. The fourth-order valence-corrected chi connectivity index (χ4v) is 3.83. The number of nitrogens with one attached hydrogen (secondary N) is 1. The van der Waals surface area contributed by atoms with Gasteiger partial charge in [-0.25, -0.2) is 0 Å². The number of hydrogen-bond acceptors (Lipinski definition) is 1. The van der Waals surface area contributed by atoms with Crippen molar-refractivity contribution in [1.29, 1.82) is 0 Å². The molecule has 0 aromatic rings. The molecule has 0 saturated carbocycles. The van der Waals surface area contributed by atoms with E-state index in [9.17, 15) is 0 Å². The Morgan fingerprint density at radius 3 is 2.14 bits per heavy atom. The molecule has 1 heteroatoms. The minimum absolute atomic E-state index is 0.911. The van der Waals surface area contributed by atoms with Crippen LogP contribution in [-0.4, -0.2) is 6.54 Å². The van der Waals surface area contributed by atoms with Crippen LogP contribution in [0.1, 0.15) is 91.9 Å². The van der Waals surface area contributed by atoms with Crippen LogP contribution in [0.15, 0.2) is 12.8 Å². The van der Waals surface area contributed by atoms with Crippen molar-refractivity contribution >= 4 is 0 Å². The Morgan fingerprint density at radius 2 is 1.57 bits per heavy atom. The number of rotatable bonds is 15. The van der Waals surface area contributed by atoms with Crippen LogP contribution < -0.4 is 5.32 Å². The molecule has 0 amide bonds. The van der Waals surface area contributed by atoms with Gasteiger partial charge in [-0.15, -0.1) is 0 Å². The molecule has 0 aromatic carbocycles. The quantitative estimate of drug-likeness (QED) is 0.338. The van der Waals surface area contributed by atoms with Gasteiger partial charge in [0.05, 0.1) is 0 Å². The van der Waals surface area contributed by atoms with Gasteiger partial charge in [-0.1, -0.05) is 92.1 Å². The van der Waals surface area contributed by atoms with Gasteiger partial charge in [0.25, 0.3) is 0 Å². The van der Waals surface area contributed by atoms with E-state index in [4.69, 9.17) is 0 Å². The first-order valence-corrected chi connectivity index (χ1v) is 9.55. The van der Waals surface area contributed by atoms with Crippen LogP contribution in [0.25, 0.3) is 0 Å². The zero-order valence-corrected chi connectivity index (χ0v) is 15.3. The van der Waals surface area contributed by atoms with E-state index in [2.05, 4.69) is 39.6 Å². The van der Waals surface area contributed by atoms with Crippen LogP contribution in [0.2, 0.25) is 0 Å². The van der Waals surface area contributed by atoms with E-state index in [1.54, 1.807) is 6.20 Å². The molecule has 0 rings (SSSR count). The van der Waals surface area contributed by atoms with Crippen LogP contribution in [0.3, 0.4) is 0 Å². The highest BCUT2D eigenvalue weighted by atomic mass is 14.8. The third-order valence-electron chi connectivity index (χ3n) is 5.12. The first-order valence-electron chi connectivity index (χ1n) is 9.55. The monoisotopic (exact) mass is 295 g/mol. The lowest BCUT2D eigenvalue weighted by molar-refractivity contribution is 0.200. The van der Waals surface area contributed by atoms with Crippen molar-refractivity contribution < 1.29 is 0 Å². The van der Waals surface area contributed by atoms with Crippen molar-refractivity contribution in [3.8, 4) is 0 Å². The van der Waals surface area contributed by atoms with Gasteiger partial charge in [0.1, 0.15) is 0 Å². The Hall–Kier alpha value is -0.460. The van der Waals surface area contributed by atoms with Crippen molar-refractivity contribution in [1.82, 2.24) is 5.32 Å². The lowest BCUT2D eigenvalue weighted by atomic mass is 9.75. The van der Waals surface area contributed by atoms with Crippen LogP contribution in [0.4, 0.5) is 0 Å². The molecular formula is C20H41N. The Kier molecular flexibility index (Phi) is 14.2. The lowest BCUT2D eigenvalue weighted by Crippen LogP contribution is -2.21. The molecule has 3 atom stereocenters. The van der Waals surface area contributed by atoms with Crippen molar-refractivity contribution in [2.75, 3.05) is 6.54 Å². The molecule has 3 unspecified atom stereocenters. The predicted octanol–water partition coefficient (Wildman–Crippen LogP) is 6.55. The molecule has 0 aliphatic carbocycles. The van der Waals surface area contributed by atoms with Gasteiger partial charge in [-0.05, 0) is 30.4 Å². The first-order chi connectivity index (χ1) is 10.2. The zero-order valence-electron chi connectivity index (χ0n) is 15.3. The maximum atomic E-state index is 3.67. The van der Waals surface area contributed by atoms with Gasteiger partial charge in [-0.3, -0.25) is 0 Å². The standard InChI is InChI=1S/C20H41N/c1-6-15-19(7-2)20(8-3)18(5)16-13-11-10-12-14-17-21-9-4/h9,18-21H,4,6-8,10-17H2,1-3,5H3. The fraction of sp³-hybridized carbons (Fsp3) is 0.900. The van der Waals surface area contributed by atoms with E-state index in [1.165, 1.54) is 64.2 Å². The summed E-state index contributed by atoms with van der Waals surface area (Å²) in [7, 11) is 0. The molecule has 0 spiro atoms. The van der Waals surface area contributed by atoms with E-state index >= 15 is 0 Å². The van der Waals surface area contributed by atoms with Gasteiger partial charge in [0.2, 0.25) is 0 Å². The first kappa shape index (κ1) is 20.5. The summed E-state index contributed by atoms with van der Waals surface area (Å²) in [5, 5.41) is 3.17. The number of unbranched alkanes of at least 4 members (excludes halogenated alkanes) is 4. The van der Waals surface area contributed by atoms with Gasteiger partial charge in [0, 0.05) is 6.54 Å². The minimum Gasteiger partial charge on any atom is -0.391 e. The summed E-state index contributed by atoms with van der Waals surface area (Å²) in [6, 6.07) is 0. The highest BCUT2D eigenvalue weighted by molar-refractivity contribution is 4.73. The fourth-order valence-electron chi connectivity index (χ4n) is 3.83. The van der Waals surface area contributed by atoms with Crippen molar-refractivity contribution in [2.45, 2.75) is 91.9 Å². The highest BCUT2D eigenvalue weighted by Gasteiger charge is 2.22. The second-order valence-corrected chi connectivity index (χ2v) is 6.72. The van der Waals surface area contributed by atoms with E-state index in [0.29, 0.717) is 0 Å². The third-order valence-corrected chi connectivity index (χ3v) is 5.12. The Balaban J connectivity index is 3.78. The summed E-state index contributed by atoms with van der Waals surface area (Å²) in [5.74, 6) is 2.82. The Morgan fingerprint density at radius 1 is 0.905 bits per heavy atom. The SMILES string of the molecule is C=CNCCCCCCCC(C)C(CC)C(CC)CCC. The molecule has 1 nitrogen and oxygen atoms in total. The van der Waals surface area contributed by atoms with Crippen molar-refractivity contribution in [3.63, 3.8) is 0 Å². The zero-order chi connectivity index (χ0) is 15.9. The minimum atomic E-state index is 0.911. The third kappa shape index (κ3) is 9.98. The summed E-state index contributed by atoms with van der Waals surface area (Å²) >= 11 is 0. The van der Waals surface area contributed by atoms with Gasteiger partial charge < -0.3 is 5.32 Å². The average Bonchev–Trinajstić information content (AvgIpc) is 2.49. The van der Waals surface area contributed by atoms with Crippen LogP contribution in [0, 0.1) is 17.8 Å². The topological polar surface area (TPSA) is 12.0 Å². The molecule has 0 aliphatic rings. The van der Waals surface area contributed by atoms with E-state index in [1.807, 2.05) is 0 Å². The molecule has 0 bridgehead atoms. The summed E-state index contributed by atoms with van der Waals surface area (Å²) in [6.45, 7) is 14.4. The maximum Gasteiger partial charge on any atom is 0.0141 e. The van der Waals surface area contributed by atoms with Crippen LogP contribution in [0.5, 0.6) is 0 Å². The van der Waals surface area contributed by atoms with Crippen molar-refractivity contribution in [3.05, 3.63) is 12.8 Å². The highest BCUT2D eigenvalue weighted by Crippen LogP contribution is 2.33. The second kappa shape index (κ2) is 14.5. The maximum absolute atomic E-state index is 3.67. The Labute approximate surface area is 135 Å². The molecule has 0 aliphatic heterocycles. The molecule has 0 fully saturated rings. The lowest BCUT2D eigenvalue weighted by Gasteiger charge is -2.30. The molecule has 21 heavy (non-hydrogen) atoms. The Bertz CT molecular complexity index is 224. The van der Waals surface area contributed by atoms with Crippen LogP contribution >= 0.6 is 0 Å². The molecule has 0 saturated heterocycles. The van der Waals surface area contributed by atoms with Crippen LogP contribution in [-0.2, 0) is 0 Å². The van der Waals surface area contributed by atoms with Gasteiger partial charge >= 0.3 is 0 Å². The average molecular weight is 296 g/mol. The molecule has 0 aromatic heterocycles. The van der Waals surface area contributed by atoms with Gasteiger partial charge in [-0.2, -0.15) is 0 Å². The van der Waals surface area contributed by atoms with Crippen molar-refractivity contribution in [2.24, 2.45) is 17.8 Å². The molecule has 1 N–H and O–H groups in total. The largest absolute Gasteiger partial charge is 0.391 e. The smallest absolute Gasteiger partial charge is 0.0141 e. The second-order valence-electron chi connectivity index (χ2n) is 6.72. The molecule has 0 radical (unpaired) electrons. The predicted molar refractivity (Wildman–Crippen MR) is 97.5 cm³/mol. The number of hydrogen-bond donors (Lipinski definition) is 1. The summed E-state index contributed by atoms with van der Waals surface area (Å²) < 4.78 is 0. The molecular weight excluding hydrogens is 254 g/mol. The summed E-state index contributed by atoms with van der Waals surface area (Å²) in [6.07, 6.45) is 15.6. The summed E-state index contributed by atoms with van der Waals surface area (Å²) in [4.78, 5) is 0. The van der Waals surface area contributed by atoms with E-state index in [0.717, 1.165) is 24.3 Å². The normalized spacial score (nSPS) is 15.4. The van der Waals surface area contributed by atoms with E-state index < -0.39 is 0 Å².